The second-order valence-electron chi connectivity index (χ2n) is 6.89. The van der Waals surface area contributed by atoms with Gasteiger partial charge in [-0.3, -0.25) is 4.79 Å². The van der Waals surface area contributed by atoms with Crippen molar-refractivity contribution in [2.45, 2.75) is 20.0 Å². The van der Waals surface area contributed by atoms with Crippen molar-refractivity contribution in [3.8, 4) is 0 Å². The third-order valence-electron chi connectivity index (χ3n) is 5.27. The Balaban J connectivity index is 1.60. The van der Waals surface area contributed by atoms with Gasteiger partial charge in [0, 0.05) is 35.5 Å². The second kappa shape index (κ2) is 7.55. The van der Waals surface area contributed by atoms with Gasteiger partial charge in [-0.15, -0.1) is 0 Å². The Labute approximate surface area is 159 Å². The van der Waals surface area contributed by atoms with Gasteiger partial charge in [-0.25, -0.2) is 0 Å². The van der Waals surface area contributed by atoms with Gasteiger partial charge in [-0.1, -0.05) is 43.3 Å². The summed E-state index contributed by atoms with van der Waals surface area (Å²) >= 11 is 0. The van der Waals surface area contributed by atoms with Crippen molar-refractivity contribution in [3.63, 3.8) is 0 Å². The van der Waals surface area contributed by atoms with Crippen LogP contribution in [-0.4, -0.2) is 42.2 Å². The number of carbonyl (C=O) groups is 1. The fraction of sp³-hybridized carbons (Fsp3) is 0.318. The average Bonchev–Trinajstić information content (AvgIpc) is 3.24. The molecule has 2 aliphatic rings. The maximum absolute atomic E-state index is 12.5. The summed E-state index contributed by atoms with van der Waals surface area (Å²) in [5.41, 5.74) is 5.73. The fourth-order valence-corrected chi connectivity index (χ4v) is 3.78. The minimum Gasteiger partial charge on any atom is -0.487 e. The molecular formula is C22H24N2O3. The van der Waals surface area contributed by atoms with Crippen LogP contribution in [0.25, 0.3) is 11.3 Å². The Bertz CT molecular complexity index is 904. The third-order valence-corrected chi connectivity index (χ3v) is 5.27. The van der Waals surface area contributed by atoms with Crippen LogP contribution >= 0.6 is 0 Å². The number of para-hydroxylation sites is 1. The summed E-state index contributed by atoms with van der Waals surface area (Å²) in [5.74, 6) is 0.570. The summed E-state index contributed by atoms with van der Waals surface area (Å²) in [6, 6.07) is 14.1. The zero-order valence-electron chi connectivity index (χ0n) is 15.5. The Kier molecular flexibility index (Phi) is 4.97. The first-order valence-corrected chi connectivity index (χ1v) is 9.44. The van der Waals surface area contributed by atoms with Gasteiger partial charge in [0.2, 0.25) is 0 Å². The lowest BCUT2D eigenvalue weighted by Gasteiger charge is -2.19. The Morgan fingerprint density at radius 2 is 2.00 bits per heavy atom. The molecule has 140 valence electrons. The molecule has 27 heavy (non-hydrogen) atoms. The number of aliphatic hydroxyl groups excluding tert-OH is 1. The standard InChI is InChI=1S/C22H24N2O3/c1-2-24(11-12-25)10-9-15-7-8-17-16(13-15)14-27-21(17)20-18-5-3-4-6-19(18)23-22(20)26/h3-8,13,25H,2,9-12,14H2,1H3,(H,23,26). The summed E-state index contributed by atoms with van der Waals surface area (Å²) in [4.78, 5) is 14.7. The number of fused-ring (bicyclic) bond motifs is 2. The number of benzene rings is 2. The van der Waals surface area contributed by atoms with Crippen LogP contribution < -0.4 is 5.32 Å². The Morgan fingerprint density at radius 1 is 1.15 bits per heavy atom. The first-order valence-electron chi connectivity index (χ1n) is 9.44. The van der Waals surface area contributed by atoms with E-state index >= 15 is 0 Å². The Morgan fingerprint density at radius 3 is 2.81 bits per heavy atom. The number of nitrogens with zero attached hydrogens (tertiary/aromatic N) is 1. The maximum atomic E-state index is 12.5. The van der Waals surface area contributed by atoms with E-state index in [4.69, 9.17) is 9.84 Å². The summed E-state index contributed by atoms with van der Waals surface area (Å²) in [5, 5.41) is 12.0. The Hall–Kier alpha value is -2.63. The van der Waals surface area contributed by atoms with E-state index in [9.17, 15) is 4.79 Å². The van der Waals surface area contributed by atoms with Crippen molar-refractivity contribution < 1.29 is 14.6 Å². The van der Waals surface area contributed by atoms with Gasteiger partial charge in [-0.2, -0.15) is 0 Å². The normalized spacial score (nSPS) is 17.7. The first-order chi connectivity index (χ1) is 13.2. The molecule has 2 aromatic rings. The molecular weight excluding hydrogens is 340 g/mol. The van der Waals surface area contributed by atoms with Gasteiger partial charge in [0.1, 0.15) is 12.4 Å². The smallest absolute Gasteiger partial charge is 0.260 e. The van der Waals surface area contributed by atoms with E-state index in [1.807, 2.05) is 24.3 Å². The molecule has 0 saturated heterocycles. The number of ether oxygens (including phenoxy) is 1. The van der Waals surface area contributed by atoms with Crippen LogP contribution in [-0.2, 0) is 22.6 Å². The van der Waals surface area contributed by atoms with Crippen molar-refractivity contribution in [2.24, 2.45) is 0 Å². The van der Waals surface area contributed by atoms with Crippen LogP contribution in [0.1, 0.15) is 29.2 Å². The highest BCUT2D eigenvalue weighted by molar-refractivity contribution is 6.36. The minimum absolute atomic E-state index is 0.106. The number of hydrogen-bond acceptors (Lipinski definition) is 4. The quantitative estimate of drug-likeness (QED) is 0.774. The topological polar surface area (TPSA) is 61.8 Å². The number of nitrogens with one attached hydrogen (secondary N) is 1. The van der Waals surface area contributed by atoms with Gasteiger partial charge >= 0.3 is 0 Å². The molecule has 0 fully saturated rings. The summed E-state index contributed by atoms with van der Waals surface area (Å²) in [6.45, 7) is 5.34. The van der Waals surface area contributed by atoms with Gasteiger partial charge in [-0.05, 0) is 24.6 Å². The van der Waals surface area contributed by atoms with E-state index in [1.54, 1.807) is 0 Å². The molecule has 0 radical (unpaired) electrons. The number of likely N-dealkylation sites (N-methyl/N-ethyl adjacent to an activating group) is 1. The van der Waals surface area contributed by atoms with Gasteiger partial charge < -0.3 is 20.1 Å². The van der Waals surface area contributed by atoms with E-state index in [-0.39, 0.29) is 12.5 Å². The number of amides is 1. The van der Waals surface area contributed by atoms with Crippen LogP contribution in [0.4, 0.5) is 5.69 Å². The summed E-state index contributed by atoms with van der Waals surface area (Å²) < 4.78 is 5.95. The molecule has 0 aliphatic carbocycles. The minimum atomic E-state index is -0.106. The predicted octanol–water partition coefficient (Wildman–Crippen LogP) is 2.89. The highest BCUT2D eigenvalue weighted by Gasteiger charge is 2.32. The summed E-state index contributed by atoms with van der Waals surface area (Å²) in [6.07, 6.45) is 0.927. The number of aliphatic hydroxyl groups is 1. The molecule has 0 atom stereocenters. The molecule has 0 bridgehead atoms. The fourth-order valence-electron chi connectivity index (χ4n) is 3.78. The van der Waals surface area contributed by atoms with Crippen LogP contribution in [0.2, 0.25) is 0 Å². The molecule has 1 amide bonds. The van der Waals surface area contributed by atoms with Crippen LogP contribution in [0.15, 0.2) is 42.5 Å². The van der Waals surface area contributed by atoms with E-state index in [1.165, 1.54) is 5.56 Å². The molecule has 5 heteroatoms. The van der Waals surface area contributed by atoms with Crippen molar-refractivity contribution in [3.05, 3.63) is 64.7 Å². The molecule has 0 aromatic heterocycles. The van der Waals surface area contributed by atoms with Gasteiger partial charge in [0.15, 0.2) is 0 Å². The molecule has 2 heterocycles. The van der Waals surface area contributed by atoms with Gasteiger partial charge in [0.25, 0.3) is 5.91 Å². The molecule has 0 spiro atoms. The lowest BCUT2D eigenvalue weighted by atomic mass is 9.98. The monoisotopic (exact) mass is 364 g/mol. The second-order valence-corrected chi connectivity index (χ2v) is 6.89. The average molecular weight is 364 g/mol. The molecule has 2 aliphatic heterocycles. The number of anilines is 1. The molecule has 0 saturated carbocycles. The third kappa shape index (κ3) is 3.36. The van der Waals surface area contributed by atoms with Crippen LogP contribution in [0.3, 0.4) is 0 Å². The summed E-state index contributed by atoms with van der Waals surface area (Å²) in [7, 11) is 0. The first kappa shape index (κ1) is 17.8. The predicted molar refractivity (Wildman–Crippen MR) is 106 cm³/mol. The van der Waals surface area contributed by atoms with Crippen LogP contribution in [0.5, 0.6) is 0 Å². The highest BCUT2D eigenvalue weighted by Crippen LogP contribution is 2.41. The number of carbonyl (C=O) groups excluding carboxylic acids is 1. The molecule has 4 rings (SSSR count). The molecule has 2 aromatic carbocycles. The molecule has 5 nitrogen and oxygen atoms in total. The van der Waals surface area contributed by atoms with Crippen molar-refractivity contribution in [2.75, 3.05) is 31.6 Å². The van der Waals surface area contributed by atoms with Crippen molar-refractivity contribution >= 4 is 22.9 Å². The van der Waals surface area contributed by atoms with Crippen LogP contribution in [0, 0.1) is 0 Å². The lowest BCUT2D eigenvalue weighted by Crippen LogP contribution is -2.28. The number of rotatable bonds is 6. The highest BCUT2D eigenvalue weighted by atomic mass is 16.5. The van der Waals surface area contributed by atoms with E-state index in [2.05, 4.69) is 35.3 Å². The lowest BCUT2D eigenvalue weighted by molar-refractivity contribution is -0.110. The van der Waals surface area contributed by atoms with Crippen molar-refractivity contribution in [1.29, 1.82) is 0 Å². The van der Waals surface area contributed by atoms with Crippen molar-refractivity contribution in [1.82, 2.24) is 4.90 Å². The van der Waals surface area contributed by atoms with E-state index < -0.39 is 0 Å². The molecule has 2 N–H and O–H groups in total. The molecule has 0 unspecified atom stereocenters. The van der Waals surface area contributed by atoms with Gasteiger partial charge in [0.05, 0.1) is 12.2 Å². The maximum Gasteiger partial charge on any atom is 0.260 e. The zero-order valence-corrected chi connectivity index (χ0v) is 15.5. The SMILES string of the molecule is CCN(CCO)CCc1ccc2c(c1)COC2=C1C(=O)Nc2ccccc21. The zero-order chi connectivity index (χ0) is 18.8. The van der Waals surface area contributed by atoms with E-state index in [0.717, 1.165) is 41.9 Å². The largest absolute Gasteiger partial charge is 0.487 e. The number of hydrogen-bond donors (Lipinski definition) is 2. The van der Waals surface area contributed by atoms with E-state index in [0.29, 0.717) is 24.5 Å².